The molecular formula is C8H10N6O2. The van der Waals surface area contributed by atoms with Gasteiger partial charge in [0.15, 0.2) is 17.4 Å². The first-order valence-electron chi connectivity index (χ1n) is 4.86. The van der Waals surface area contributed by atoms with Gasteiger partial charge in [0.05, 0.1) is 6.33 Å². The highest BCUT2D eigenvalue weighted by Crippen LogP contribution is 2.20. The van der Waals surface area contributed by atoms with Gasteiger partial charge in [-0.25, -0.2) is 4.98 Å². The smallest absolute Gasteiger partial charge is 0.280 e. The van der Waals surface area contributed by atoms with Gasteiger partial charge in [-0.2, -0.15) is 10.5 Å². The molecule has 4 N–H and O–H groups in total. The monoisotopic (exact) mass is 222 g/mol. The Kier molecular flexibility index (Phi) is 1.91. The molecule has 3 rings (SSSR count). The fraction of sp³-hybridized carbons (Fsp3) is 0.375. The summed E-state index contributed by atoms with van der Waals surface area (Å²) < 4.78 is 1.70. The van der Waals surface area contributed by atoms with Crippen LogP contribution in [-0.4, -0.2) is 26.1 Å². The molecule has 8 heteroatoms. The van der Waals surface area contributed by atoms with Crippen LogP contribution in [0.1, 0.15) is 12.6 Å². The van der Waals surface area contributed by atoms with E-state index in [0.29, 0.717) is 5.65 Å². The summed E-state index contributed by atoms with van der Waals surface area (Å²) in [6, 6.07) is 0. The minimum Gasteiger partial charge on any atom is -0.369 e. The normalized spacial score (nSPS) is 20.6. The zero-order chi connectivity index (χ0) is 11.1. The molecule has 1 unspecified atom stereocenters. The van der Waals surface area contributed by atoms with Crippen LogP contribution in [0.5, 0.6) is 0 Å². The van der Waals surface area contributed by atoms with Crippen molar-refractivity contribution in [1.29, 1.82) is 0 Å². The molecule has 0 aliphatic carbocycles. The van der Waals surface area contributed by atoms with Gasteiger partial charge >= 0.3 is 0 Å². The highest BCUT2D eigenvalue weighted by Gasteiger charge is 2.21. The van der Waals surface area contributed by atoms with E-state index in [1.807, 2.05) is 0 Å². The Balaban J connectivity index is 2.22. The van der Waals surface area contributed by atoms with Gasteiger partial charge in [0, 0.05) is 13.0 Å². The Morgan fingerprint density at radius 2 is 2.50 bits per heavy atom. The van der Waals surface area contributed by atoms with Crippen LogP contribution in [0.15, 0.2) is 11.1 Å². The van der Waals surface area contributed by atoms with E-state index >= 15 is 0 Å². The number of fused-ring (bicyclic) bond motifs is 1. The summed E-state index contributed by atoms with van der Waals surface area (Å²) in [5.74, 6) is 0.0743. The number of nitrogens with one attached hydrogen (secondary N) is 2. The first-order valence-corrected chi connectivity index (χ1v) is 4.86. The van der Waals surface area contributed by atoms with Gasteiger partial charge in [-0.1, -0.05) is 0 Å². The first kappa shape index (κ1) is 9.31. The lowest BCUT2D eigenvalue weighted by Crippen LogP contribution is -2.14. The number of hydrogen-bond acceptors (Lipinski definition) is 6. The molecule has 0 amide bonds. The zero-order valence-electron chi connectivity index (χ0n) is 8.30. The third kappa shape index (κ3) is 1.27. The lowest BCUT2D eigenvalue weighted by molar-refractivity contribution is -0.00711. The summed E-state index contributed by atoms with van der Waals surface area (Å²) >= 11 is 0. The Morgan fingerprint density at radius 1 is 1.62 bits per heavy atom. The van der Waals surface area contributed by atoms with E-state index in [-0.39, 0.29) is 23.3 Å². The second-order valence-electron chi connectivity index (χ2n) is 3.53. The van der Waals surface area contributed by atoms with Gasteiger partial charge in [0.25, 0.3) is 5.56 Å². The number of H-pyrrole nitrogens is 1. The topological polar surface area (TPSA) is 111 Å². The van der Waals surface area contributed by atoms with E-state index in [4.69, 9.17) is 10.6 Å². The number of hydroxylamine groups is 1. The van der Waals surface area contributed by atoms with Gasteiger partial charge in [-0.15, -0.1) is 0 Å². The molecule has 0 bridgehead atoms. The Hall–Kier alpha value is -1.93. The maximum absolute atomic E-state index is 11.5. The Bertz CT molecular complexity index is 582. The third-order valence-electron chi connectivity index (χ3n) is 2.47. The zero-order valence-corrected chi connectivity index (χ0v) is 8.30. The van der Waals surface area contributed by atoms with Crippen molar-refractivity contribution in [3.8, 4) is 0 Å². The number of hydrogen-bond donors (Lipinski definition) is 3. The summed E-state index contributed by atoms with van der Waals surface area (Å²) in [6.07, 6.45) is 2.13. The lowest BCUT2D eigenvalue weighted by Gasteiger charge is -2.09. The van der Waals surface area contributed by atoms with Crippen molar-refractivity contribution in [3.05, 3.63) is 16.7 Å². The average molecular weight is 222 g/mol. The van der Waals surface area contributed by atoms with Crippen molar-refractivity contribution in [2.24, 2.45) is 0 Å². The van der Waals surface area contributed by atoms with Gasteiger partial charge in [-0.05, 0) is 0 Å². The summed E-state index contributed by atoms with van der Waals surface area (Å²) in [5, 5.41) is 0. The van der Waals surface area contributed by atoms with Crippen molar-refractivity contribution in [2.45, 2.75) is 12.6 Å². The molecule has 84 valence electrons. The van der Waals surface area contributed by atoms with Crippen molar-refractivity contribution in [1.82, 2.24) is 25.0 Å². The van der Waals surface area contributed by atoms with Crippen molar-refractivity contribution >= 4 is 17.1 Å². The van der Waals surface area contributed by atoms with Crippen LogP contribution >= 0.6 is 0 Å². The molecule has 2 aromatic heterocycles. The largest absolute Gasteiger partial charge is 0.369 e. The SMILES string of the molecule is Nc1nc2c(ncn2C2CCNO2)c(=O)[nH]1. The number of aromatic nitrogens is 4. The minimum absolute atomic E-state index is 0.0743. The molecular weight excluding hydrogens is 212 g/mol. The number of nitrogens with two attached hydrogens (primary N) is 1. The second kappa shape index (κ2) is 3.29. The Labute approximate surface area is 89.4 Å². The molecule has 0 spiro atoms. The van der Waals surface area contributed by atoms with Gasteiger partial charge in [0.1, 0.15) is 0 Å². The van der Waals surface area contributed by atoms with Crippen LogP contribution in [0, 0.1) is 0 Å². The molecule has 0 aromatic carbocycles. The Morgan fingerprint density at radius 3 is 3.25 bits per heavy atom. The van der Waals surface area contributed by atoms with E-state index in [2.05, 4.69) is 20.4 Å². The molecule has 1 aliphatic rings. The molecule has 2 aromatic rings. The van der Waals surface area contributed by atoms with Gasteiger partial charge < -0.3 is 5.73 Å². The minimum atomic E-state index is -0.341. The van der Waals surface area contributed by atoms with Crippen molar-refractivity contribution < 1.29 is 4.84 Å². The van der Waals surface area contributed by atoms with E-state index < -0.39 is 0 Å². The highest BCUT2D eigenvalue weighted by molar-refractivity contribution is 5.70. The quantitative estimate of drug-likeness (QED) is 0.578. The third-order valence-corrected chi connectivity index (χ3v) is 2.47. The summed E-state index contributed by atoms with van der Waals surface area (Å²) in [6.45, 7) is 0.753. The molecule has 1 aliphatic heterocycles. The molecule has 1 atom stereocenters. The lowest BCUT2D eigenvalue weighted by atomic mass is 10.4. The predicted molar refractivity (Wildman–Crippen MR) is 55.3 cm³/mol. The number of aromatic amines is 1. The van der Waals surface area contributed by atoms with Crippen molar-refractivity contribution in [3.63, 3.8) is 0 Å². The second-order valence-corrected chi connectivity index (χ2v) is 3.53. The van der Waals surface area contributed by atoms with Gasteiger partial charge in [-0.3, -0.25) is 19.2 Å². The maximum atomic E-state index is 11.5. The fourth-order valence-electron chi connectivity index (χ4n) is 1.75. The number of nitrogens with zero attached hydrogens (tertiary/aromatic N) is 3. The van der Waals surface area contributed by atoms with E-state index in [0.717, 1.165) is 13.0 Å². The number of nitrogen functional groups attached to an aromatic ring is 1. The fourth-order valence-corrected chi connectivity index (χ4v) is 1.75. The number of anilines is 1. The number of imidazole rings is 1. The number of rotatable bonds is 1. The van der Waals surface area contributed by atoms with Gasteiger partial charge in [0.2, 0.25) is 5.95 Å². The molecule has 0 radical (unpaired) electrons. The van der Waals surface area contributed by atoms with Crippen LogP contribution < -0.4 is 16.8 Å². The molecule has 1 fully saturated rings. The molecule has 16 heavy (non-hydrogen) atoms. The maximum Gasteiger partial charge on any atom is 0.280 e. The summed E-state index contributed by atoms with van der Waals surface area (Å²) in [5.41, 5.74) is 8.62. The van der Waals surface area contributed by atoms with Crippen LogP contribution in [0.2, 0.25) is 0 Å². The summed E-state index contributed by atoms with van der Waals surface area (Å²) in [4.78, 5) is 27.2. The standard InChI is InChI=1S/C8H10N6O2/c9-8-12-6-5(7(15)13-8)10-3-14(6)4-1-2-11-16-4/h3-4,11H,1-2H2,(H3,9,12,13,15). The average Bonchev–Trinajstić information content (AvgIpc) is 2.83. The highest BCUT2D eigenvalue weighted by atomic mass is 16.7. The van der Waals surface area contributed by atoms with Crippen LogP contribution in [0.25, 0.3) is 11.2 Å². The van der Waals surface area contributed by atoms with E-state index in [1.165, 1.54) is 6.33 Å². The molecule has 3 heterocycles. The molecule has 8 nitrogen and oxygen atoms in total. The van der Waals surface area contributed by atoms with Crippen LogP contribution in [0.4, 0.5) is 5.95 Å². The van der Waals surface area contributed by atoms with Crippen LogP contribution in [0.3, 0.4) is 0 Å². The summed E-state index contributed by atoms with van der Waals surface area (Å²) in [7, 11) is 0. The van der Waals surface area contributed by atoms with Crippen molar-refractivity contribution in [2.75, 3.05) is 12.3 Å². The van der Waals surface area contributed by atoms with E-state index in [1.54, 1.807) is 4.57 Å². The first-order chi connectivity index (χ1) is 7.75. The molecule has 0 saturated carbocycles. The predicted octanol–water partition coefficient (Wildman–Crippen LogP) is -0.875. The van der Waals surface area contributed by atoms with Crippen LogP contribution in [-0.2, 0) is 4.84 Å². The molecule has 1 saturated heterocycles. The van der Waals surface area contributed by atoms with E-state index in [9.17, 15) is 4.79 Å².